The first-order valence-electron chi connectivity index (χ1n) is 5.81. The molecule has 6 heteroatoms. The first-order valence-corrected chi connectivity index (χ1v) is 5.81. The number of carbonyl (C=O) groups is 2. The highest BCUT2D eigenvalue weighted by molar-refractivity contribution is 5.76. The lowest BCUT2D eigenvalue weighted by Crippen LogP contribution is -2.25. The average molecular weight is 268 g/mol. The topological polar surface area (TPSA) is 93.1 Å². The highest BCUT2D eigenvalue weighted by atomic mass is 16.5. The Labute approximate surface area is 110 Å². The molecule has 0 aliphatic rings. The minimum atomic E-state index is -1.06. The number of aliphatic hydroxyl groups is 1. The van der Waals surface area contributed by atoms with Gasteiger partial charge in [-0.2, -0.15) is 0 Å². The van der Waals surface area contributed by atoms with Crippen LogP contribution in [0, 0.1) is 0 Å². The zero-order chi connectivity index (χ0) is 14.1. The number of carbonyl (C=O) groups excluding carboxylic acids is 1. The second-order valence-corrected chi connectivity index (χ2v) is 3.85. The molecule has 0 saturated heterocycles. The molecule has 19 heavy (non-hydrogen) atoms. The summed E-state index contributed by atoms with van der Waals surface area (Å²) >= 11 is 0. The van der Waals surface area contributed by atoms with Crippen LogP contribution in [0.3, 0.4) is 0 Å². The number of benzene rings is 1. The first-order chi connectivity index (χ1) is 9.08. The summed E-state index contributed by atoms with van der Waals surface area (Å²) in [6, 6.07) is 8.92. The molecule has 1 atom stereocenters. The number of hydrogen-bond acceptors (Lipinski definition) is 5. The van der Waals surface area contributed by atoms with E-state index in [0.29, 0.717) is 5.75 Å². The summed E-state index contributed by atoms with van der Waals surface area (Å²) in [7, 11) is 0. The Morgan fingerprint density at radius 1 is 1.11 bits per heavy atom. The smallest absolute Gasteiger partial charge is 0.306 e. The molecule has 0 aromatic heterocycles. The van der Waals surface area contributed by atoms with E-state index in [2.05, 4.69) is 0 Å². The first kappa shape index (κ1) is 15.0. The Morgan fingerprint density at radius 2 is 1.79 bits per heavy atom. The molecule has 1 unspecified atom stereocenters. The highest BCUT2D eigenvalue weighted by Crippen LogP contribution is 2.08. The number of carboxylic acids is 1. The Bertz CT molecular complexity index is 403. The van der Waals surface area contributed by atoms with Crippen LogP contribution in [0.2, 0.25) is 0 Å². The summed E-state index contributed by atoms with van der Waals surface area (Å²) in [5, 5.41) is 17.9. The van der Waals surface area contributed by atoms with Crippen LogP contribution >= 0.6 is 0 Å². The van der Waals surface area contributed by atoms with Gasteiger partial charge in [-0.3, -0.25) is 9.59 Å². The summed E-state index contributed by atoms with van der Waals surface area (Å²) in [4.78, 5) is 21.3. The number of carboxylic acid groups (broad SMARTS) is 1. The van der Waals surface area contributed by atoms with Crippen LogP contribution in [0.4, 0.5) is 0 Å². The van der Waals surface area contributed by atoms with Gasteiger partial charge in [-0.25, -0.2) is 0 Å². The van der Waals surface area contributed by atoms with E-state index >= 15 is 0 Å². The molecular formula is C13H16O6. The molecule has 0 spiro atoms. The second-order valence-electron chi connectivity index (χ2n) is 3.85. The van der Waals surface area contributed by atoms with E-state index in [1.54, 1.807) is 24.3 Å². The van der Waals surface area contributed by atoms with Crippen molar-refractivity contribution < 1.29 is 29.3 Å². The lowest BCUT2D eigenvalue weighted by atomic mass is 10.3. The number of aliphatic hydroxyl groups excluding tert-OH is 1. The zero-order valence-corrected chi connectivity index (χ0v) is 10.3. The number of esters is 1. The van der Waals surface area contributed by atoms with Crippen molar-refractivity contribution in [1.29, 1.82) is 0 Å². The van der Waals surface area contributed by atoms with Crippen LogP contribution in [0.25, 0.3) is 0 Å². The van der Waals surface area contributed by atoms with Crippen LogP contribution in [-0.4, -0.2) is 41.5 Å². The summed E-state index contributed by atoms with van der Waals surface area (Å²) in [6.07, 6.45) is -1.44. The molecule has 6 nitrogen and oxygen atoms in total. The molecular weight excluding hydrogens is 252 g/mol. The molecule has 0 aliphatic heterocycles. The van der Waals surface area contributed by atoms with E-state index in [4.69, 9.17) is 14.6 Å². The van der Waals surface area contributed by atoms with Crippen molar-refractivity contribution >= 4 is 11.9 Å². The molecule has 0 bridgehead atoms. The normalized spacial score (nSPS) is 11.6. The van der Waals surface area contributed by atoms with Gasteiger partial charge in [-0.15, -0.1) is 0 Å². The Balaban J connectivity index is 2.15. The molecule has 0 aliphatic carbocycles. The van der Waals surface area contributed by atoms with Gasteiger partial charge in [0.25, 0.3) is 0 Å². The van der Waals surface area contributed by atoms with Crippen LogP contribution in [0.5, 0.6) is 5.75 Å². The van der Waals surface area contributed by atoms with E-state index < -0.39 is 18.0 Å². The summed E-state index contributed by atoms with van der Waals surface area (Å²) in [6.45, 7) is -0.221. The van der Waals surface area contributed by atoms with E-state index in [1.807, 2.05) is 6.07 Å². The average Bonchev–Trinajstić information content (AvgIpc) is 2.41. The zero-order valence-electron chi connectivity index (χ0n) is 10.3. The molecule has 0 fully saturated rings. The maximum Gasteiger partial charge on any atom is 0.306 e. The third-order valence-corrected chi connectivity index (χ3v) is 2.17. The van der Waals surface area contributed by atoms with Gasteiger partial charge in [0, 0.05) is 0 Å². The van der Waals surface area contributed by atoms with E-state index in [1.165, 1.54) is 0 Å². The van der Waals surface area contributed by atoms with Crippen molar-refractivity contribution in [3.63, 3.8) is 0 Å². The van der Waals surface area contributed by atoms with E-state index in [-0.39, 0.29) is 26.1 Å². The predicted octanol–water partition coefficient (Wildman–Crippen LogP) is 0.834. The lowest BCUT2D eigenvalue weighted by molar-refractivity contribution is -0.150. The number of hydrogen-bond donors (Lipinski definition) is 2. The highest BCUT2D eigenvalue weighted by Gasteiger charge is 2.11. The summed E-state index contributed by atoms with van der Waals surface area (Å²) in [5.41, 5.74) is 0. The van der Waals surface area contributed by atoms with Crippen LogP contribution < -0.4 is 4.74 Å². The molecule has 0 amide bonds. The molecule has 1 aromatic carbocycles. The quantitative estimate of drug-likeness (QED) is 0.678. The second kappa shape index (κ2) is 8.10. The Hall–Kier alpha value is -2.08. The van der Waals surface area contributed by atoms with Crippen LogP contribution in [-0.2, 0) is 14.3 Å². The summed E-state index contributed by atoms with van der Waals surface area (Å²) < 4.78 is 9.97. The largest absolute Gasteiger partial charge is 0.491 e. The van der Waals surface area contributed by atoms with Crippen molar-refractivity contribution in [3.05, 3.63) is 30.3 Å². The van der Waals surface area contributed by atoms with Gasteiger partial charge in [0.05, 0.1) is 12.8 Å². The number of ether oxygens (including phenoxy) is 2. The standard InChI is InChI=1S/C13H16O6/c14-10(8-18-11-4-2-1-3-5-11)9-19-13(17)7-6-12(15)16/h1-5,10,14H,6-9H2,(H,15,16). The van der Waals surface area contributed by atoms with E-state index in [9.17, 15) is 14.7 Å². The monoisotopic (exact) mass is 268 g/mol. The molecule has 2 N–H and O–H groups in total. The fraction of sp³-hybridized carbons (Fsp3) is 0.385. The SMILES string of the molecule is O=C(O)CCC(=O)OCC(O)COc1ccccc1. The van der Waals surface area contributed by atoms with E-state index in [0.717, 1.165) is 0 Å². The lowest BCUT2D eigenvalue weighted by Gasteiger charge is -2.12. The van der Waals surface area contributed by atoms with Crippen molar-refractivity contribution in [1.82, 2.24) is 0 Å². The Kier molecular flexibility index (Phi) is 6.38. The molecule has 104 valence electrons. The minimum absolute atomic E-state index is 0.00375. The van der Waals surface area contributed by atoms with Crippen LogP contribution in [0.1, 0.15) is 12.8 Å². The van der Waals surface area contributed by atoms with Crippen molar-refractivity contribution in [2.45, 2.75) is 18.9 Å². The third-order valence-electron chi connectivity index (χ3n) is 2.17. The van der Waals surface area contributed by atoms with Gasteiger partial charge in [0.1, 0.15) is 25.1 Å². The maximum atomic E-state index is 11.1. The number of aliphatic carboxylic acids is 1. The Morgan fingerprint density at radius 3 is 2.42 bits per heavy atom. The molecule has 1 aromatic rings. The predicted molar refractivity (Wildman–Crippen MR) is 65.8 cm³/mol. The molecule has 1 rings (SSSR count). The van der Waals surface area contributed by atoms with Crippen molar-refractivity contribution in [2.24, 2.45) is 0 Å². The van der Waals surface area contributed by atoms with Gasteiger partial charge in [-0.1, -0.05) is 18.2 Å². The van der Waals surface area contributed by atoms with Gasteiger partial charge in [0.2, 0.25) is 0 Å². The fourth-order valence-electron chi connectivity index (χ4n) is 1.23. The molecule has 0 heterocycles. The molecule has 0 radical (unpaired) electrons. The van der Waals surface area contributed by atoms with Gasteiger partial charge >= 0.3 is 11.9 Å². The molecule has 0 saturated carbocycles. The van der Waals surface area contributed by atoms with Gasteiger partial charge in [0.15, 0.2) is 0 Å². The summed E-state index contributed by atoms with van der Waals surface area (Å²) in [5.74, 6) is -1.11. The van der Waals surface area contributed by atoms with Gasteiger partial charge in [-0.05, 0) is 12.1 Å². The third kappa shape index (κ3) is 7.05. The maximum absolute atomic E-state index is 11.1. The van der Waals surface area contributed by atoms with Crippen LogP contribution in [0.15, 0.2) is 30.3 Å². The van der Waals surface area contributed by atoms with Gasteiger partial charge < -0.3 is 19.7 Å². The minimum Gasteiger partial charge on any atom is -0.491 e. The fourth-order valence-corrected chi connectivity index (χ4v) is 1.23. The van der Waals surface area contributed by atoms with Crippen molar-refractivity contribution in [3.8, 4) is 5.75 Å². The van der Waals surface area contributed by atoms with Crippen molar-refractivity contribution in [2.75, 3.05) is 13.2 Å². The number of para-hydroxylation sites is 1. The number of rotatable bonds is 8.